The third kappa shape index (κ3) is 6.67. The van der Waals surface area contributed by atoms with Gasteiger partial charge < -0.3 is 25.2 Å². The Morgan fingerprint density at radius 2 is 1.94 bits per heavy atom. The fourth-order valence-corrected chi connectivity index (χ4v) is 4.29. The molecule has 1 aromatic carbocycles. The largest absolute Gasteiger partial charge is 0.433 e. The van der Waals surface area contributed by atoms with Crippen molar-refractivity contribution in [3.63, 3.8) is 0 Å². The van der Waals surface area contributed by atoms with Crippen LogP contribution in [-0.2, 0) is 0 Å². The van der Waals surface area contributed by atoms with Crippen LogP contribution in [0, 0.1) is 0 Å². The van der Waals surface area contributed by atoms with Gasteiger partial charge in [0.25, 0.3) is 0 Å². The lowest BCUT2D eigenvalue weighted by atomic mass is 10.2. The number of aliphatic imine (C=N–C) groups is 1. The number of likely N-dealkylation sites (N-methyl/N-ethyl adjacent to an activating group) is 1. The van der Waals surface area contributed by atoms with Crippen LogP contribution < -0.4 is 20.3 Å². The Hall–Kier alpha value is -2.13. The zero-order valence-corrected chi connectivity index (χ0v) is 18.9. The molecule has 7 nitrogen and oxygen atoms in total. The van der Waals surface area contributed by atoms with Crippen molar-refractivity contribution in [2.24, 2.45) is 4.99 Å². The third-order valence-corrected chi connectivity index (χ3v) is 6.22. The van der Waals surface area contributed by atoms with E-state index in [-0.39, 0.29) is 11.8 Å². The minimum absolute atomic E-state index is 0.189. The van der Waals surface area contributed by atoms with E-state index in [9.17, 15) is 8.78 Å². The molecular weight excluding hydrogens is 402 g/mol. The van der Waals surface area contributed by atoms with Gasteiger partial charge in [-0.25, -0.2) is 0 Å². The summed E-state index contributed by atoms with van der Waals surface area (Å²) in [7, 11) is 1.78. The Labute approximate surface area is 184 Å². The molecule has 9 heteroatoms. The number of hydrogen-bond donors (Lipinski definition) is 2. The lowest BCUT2D eigenvalue weighted by molar-refractivity contribution is -0.0495. The van der Waals surface area contributed by atoms with Crippen LogP contribution in [0.15, 0.2) is 29.3 Å². The van der Waals surface area contributed by atoms with Crippen molar-refractivity contribution in [1.82, 2.24) is 20.4 Å². The number of rotatable bonds is 8. The topological polar surface area (TPSA) is 55.4 Å². The first kappa shape index (κ1) is 23.5. The van der Waals surface area contributed by atoms with Crippen molar-refractivity contribution in [1.29, 1.82) is 0 Å². The van der Waals surface area contributed by atoms with E-state index in [1.165, 1.54) is 0 Å². The second-order valence-electron chi connectivity index (χ2n) is 8.19. The van der Waals surface area contributed by atoms with Crippen LogP contribution in [0.3, 0.4) is 0 Å². The summed E-state index contributed by atoms with van der Waals surface area (Å²) in [6.07, 6.45) is 0.901. The predicted molar refractivity (Wildman–Crippen MR) is 121 cm³/mol. The first-order valence-corrected chi connectivity index (χ1v) is 11.2. The van der Waals surface area contributed by atoms with Gasteiger partial charge in [0.05, 0.1) is 5.69 Å². The van der Waals surface area contributed by atoms with E-state index in [2.05, 4.69) is 44.2 Å². The molecular formula is C22H36F2N6O. The highest BCUT2D eigenvalue weighted by Crippen LogP contribution is 2.31. The molecule has 2 aliphatic heterocycles. The molecule has 2 heterocycles. The van der Waals surface area contributed by atoms with E-state index in [0.717, 1.165) is 58.2 Å². The van der Waals surface area contributed by atoms with Crippen molar-refractivity contribution < 1.29 is 13.5 Å². The molecule has 31 heavy (non-hydrogen) atoms. The van der Waals surface area contributed by atoms with Gasteiger partial charge in [0, 0.05) is 64.9 Å². The van der Waals surface area contributed by atoms with E-state index >= 15 is 0 Å². The molecule has 2 aliphatic rings. The Morgan fingerprint density at radius 3 is 2.61 bits per heavy atom. The highest BCUT2D eigenvalue weighted by molar-refractivity contribution is 5.80. The summed E-state index contributed by atoms with van der Waals surface area (Å²) in [5.74, 6) is 1.00. The zero-order chi connectivity index (χ0) is 22.2. The lowest BCUT2D eigenvalue weighted by Gasteiger charge is -2.37. The Morgan fingerprint density at radius 1 is 1.19 bits per heavy atom. The molecule has 1 aromatic rings. The van der Waals surface area contributed by atoms with Crippen LogP contribution in [0.1, 0.15) is 20.3 Å². The van der Waals surface area contributed by atoms with Gasteiger partial charge in [0.15, 0.2) is 5.96 Å². The van der Waals surface area contributed by atoms with Gasteiger partial charge in [0.2, 0.25) is 0 Å². The molecule has 0 spiro atoms. The molecule has 2 N–H and O–H groups in total. The van der Waals surface area contributed by atoms with Gasteiger partial charge in [-0.3, -0.25) is 9.89 Å². The third-order valence-electron chi connectivity index (χ3n) is 6.22. The van der Waals surface area contributed by atoms with Crippen molar-refractivity contribution in [2.75, 3.05) is 64.3 Å². The minimum atomic E-state index is -2.83. The maximum atomic E-state index is 12.7. The molecule has 0 radical (unpaired) electrons. The molecule has 0 saturated carbocycles. The van der Waals surface area contributed by atoms with E-state index < -0.39 is 6.61 Å². The maximum Gasteiger partial charge on any atom is 0.387 e. The van der Waals surface area contributed by atoms with Gasteiger partial charge in [-0.15, -0.1) is 0 Å². The van der Waals surface area contributed by atoms with E-state index in [0.29, 0.717) is 18.3 Å². The van der Waals surface area contributed by atoms with Crippen molar-refractivity contribution >= 4 is 11.6 Å². The fraction of sp³-hybridized carbons (Fsp3) is 0.682. The summed E-state index contributed by atoms with van der Waals surface area (Å²) in [6.45, 7) is 9.51. The highest BCUT2D eigenvalue weighted by Gasteiger charge is 2.26. The van der Waals surface area contributed by atoms with Crippen LogP contribution in [-0.4, -0.2) is 93.9 Å². The monoisotopic (exact) mass is 438 g/mol. The number of piperazine rings is 1. The Kier molecular flexibility index (Phi) is 8.71. The van der Waals surface area contributed by atoms with Crippen LogP contribution in [0.25, 0.3) is 0 Å². The second-order valence-corrected chi connectivity index (χ2v) is 8.19. The number of para-hydroxylation sites is 2. The number of benzene rings is 1. The van der Waals surface area contributed by atoms with Crippen LogP contribution in [0.2, 0.25) is 0 Å². The summed E-state index contributed by atoms with van der Waals surface area (Å²) in [5, 5.41) is 6.93. The summed E-state index contributed by atoms with van der Waals surface area (Å²) in [5.41, 5.74) is 0.704. The Balaban J connectivity index is 1.47. The van der Waals surface area contributed by atoms with Crippen molar-refractivity contribution in [3.8, 4) is 5.75 Å². The zero-order valence-electron chi connectivity index (χ0n) is 18.9. The molecule has 2 atom stereocenters. The summed E-state index contributed by atoms with van der Waals surface area (Å²) in [6, 6.07) is 7.58. The molecule has 3 rings (SSSR count). The fourth-order valence-electron chi connectivity index (χ4n) is 4.29. The normalized spacial score (nSPS) is 22.1. The number of halogens is 2. The van der Waals surface area contributed by atoms with Gasteiger partial charge in [-0.1, -0.05) is 19.1 Å². The summed E-state index contributed by atoms with van der Waals surface area (Å²) < 4.78 is 30.1. The van der Waals surface area contributed by atoms with Crippen LogP contribution in [0.4, 0.5) is 14.5 Å². The molecule has 0 bridgehead atoms. The highest BCUT2D eigenvalue weighted by atomic mass is 19.3. The summed E-state index contributed by atoms with van der Waals surface area (Å²) >= 11 is 0. The van der Waals surface area contributed by atoms with Gasteiger partial charge in [-0.2, -0.15) is 8.78 Å². The molecule has 2 fully saturated rings. The van der Waals surface area contributed by atoms with Crippen LogP contribution >= 0.6 is 0 Å². The van der Waals surface area contributed by atoms with Crippen molar-refractivity contribution in [2.45, 2.75) is 39.0 Å². The SMILES string of the molecule is CCN1CCN(C(C)CNC(=NC)NC2CCN(c3ccccc3OC(F)F)C2)CC1. The maximum absolute atomic E-state index is 12.7. The number of guanidine groups is 1. The van der Waals surface area contributed by atoms with E-state index in [4.69, 9.17) is 4.74 Å². The lowest BCUT2D eigenvalue weighted by Crippen LogP contribution is -2.53. The second kappa shape index (κ2) is 11.5. The first-order chi connectivity index (χ1) is 15.0. The molecule has 0 aliphatic carbocycles. The number of hydrogen-bond acceptors (Lipinski definition) is 5. The van der Waals surface area contributed by atoms with Gasteiger partial charge >= 0.3 is 6.61 Å². The Bertz CT molecular complexity index is 711. The van der Waals surface area contributed by atoms with Gasteiger partial charge in [-0.05, 0) is 32.0 Å². The number of alkyl halides is 2. The first-order valence-electron chi connectivity index (χ1n) is 11.2. The quantitative estimate of drug-likeness (QED) is 0.479. The molecule has 0 aromatic heterocycles. The van der Waals surface area contributed by atoms with E-state index in [1.807, 2.05) is 12.1 Å². The van der Waals surface area contributed by atoms with Crippen molar-refractivity contribution in [3.05, 3.63) is 24.3 Å². The van der Waals surface area contributed by atoms with Crippen LogP contribution in [0.5, 0.6) is 5.75 Å². The van der Waals surface area contributed by atoms with E-state index in [1.54, 1.807) is 19.2 Å². The average Bonchev–Trinajstić information content (AvgIpc) is 3.24. The molecule has 2 saturated heterocycles. The smallest absolute Gasteiger partial charge is 0.387 e. The number of ether oxygens (including phenoxy) is 1. The molecule has 2 unspecified atom stereocenters. The summed E-state index contributed by atoms with van der Waals surface area (Å²) in [4.78, 5) is 11.5. The number of anilines is 1. The van der Waals surface area contributed by atoms with Gasteiger partial charge in [0.1, 0.15) is 5.75 Å². The predicted octanol–water partition coefficient (Wildman–Crippen LogP) is 2.06. The number of nitrogens with one attached hydrogen (secondary N) is 2. The molecule has 174 valence electrons. The minimum Gasteiger partial charge on any atom is -0.433 e. The average molecular weight is 439 g/mol. The number of nitrogens with zero attached hydrogens (tertiary/aromatic N) is 4. The molecule has 0 amide bonds. The standard InChI is InChI=1S/C22H36F2N6O/c1-4-28-11-13-29(14-12-28)17(2)15-26-22(25-3)27-18-9-10-30(16-18)19-7-5-6-8-20(19)31-21(23)24/h5-8,17-18,21H,4,9-16H2,1-3H3,(H2,25,26,27).